The fourth-order valence-electron chi connectivity index (χ4n) is 3.21. The Labute approximate surface area is 168 Å². The van der Waals surface area contributed by atoms with Crippen LogP contribution >= 0.6 is 11.6 Å². The lowest BCUT2D eigenvalue weighted by Gasteiger charge is -2.15. The number of hydrogen-bond donors (Lipinski definition) is 1. The first-order chi connectivity index (χ1) is 13.4. The van der Waals surface area contributed by atoms with Gasteiger partial charge in [0, 0.05) is 5.69 Å². The number of rotatable bonds is 6. The van der Waals surface area contributed by atoms with E-state index < -0.39 is 18.0 Å². The quantitative estimate of drug-likeness (QED) is 0.737. The maximum absolute atomic E-state index is 12.4. The number of benzene rings is 2. The molecule has 28 heavy (non-hydrogen) atoms. The third-order valence-electron chi connectivity index (χ3n) is 4.69. The van der Waals surface area contributed by atoms with E-state index in [2.05, 4.69) is 5.32 Å². The highest BCUT2D eigenvalue weighted by Crippen LogP contribution is 2.36. The van der Waals surface area contributed by atoms with Crippen molar-refractivity contribution in [3.05, 3.63) is 52.0 Å². The minimum absolute atomic E-state index is 0.167. The maximum Gasteiger partial charge on any atom is 0.339 e. The van der Waals surface area contributed by atoms with Crippen LogP contribution in [0.3, 0.4) is 0 Å². The Hall–Kier alpha value is -2.73. The first-order valence-electron chi connectivity index (χ1n) is 8.98. The second kappa shape index (κ2) is 8.52. The molecule has 0 aliphatic heterocycles. The van der Waals surface area contributed by atoms with Gasteiger partial charge in [0.1, 0.15) is 0 Å². The van der Waals surface area contributed by atoms with Gasteiger partial charge in [-0.05, 0) is 61.6 Å². The standard InChI is InChI=1S/C21H22ClNO5/c1-12(20(24)23-16-8-7-13-5-4-6-14(13)9-16)28-21(25)15-10-17(22)19(27-3)18(11-15)26-2/h7-12H,4-6H2,1-3H3,(H,23,24)/t12-/m0/s1. The van der Waals surface area contributed by atoms with Gasteiger partial charge in [0.05, 0.1) is 24.8 Å². The molecular weight excluding hydrogens is 382 g/mol. The maximum atomic E-state index is 12.4. The van der Waals surface area contributed by atoms with Crippen LogP contribution in [0.5, 0.6) is 11.5 Å². The minimum Gasteiger partial charge on any atom is -0.493 e. The summed E-state index contributed by atoms with van der Waals surface area (Å²) in [5, 5.41) is 3.01. The molecule has 6 nitrogen and oxygen atoms in total. The lowest BCUT2D eigenvalue weighted by molar-refractivity contribution is -0.123. The van der Waals surface area contributed by atoms with Crippen molar-refractivity contribution in [2.45, 2.75) is 32.3 Å². The molecule has 0 unspecified atom stereocenters. The number of ether oxygens (including phenoxy) is 3. The molecule has 0 aromatic heterocycles. The van der Waals surface area contributed by atoms with Crippen LogP contribution in [0.25, 0.3) is 0 Å². The number of amides is 1. The van der Waals surface area contributed by atoms with Crippen LogP contribution in [0.4, 0.5) is 5.69 Å². The number of aryl methyl sites for hydroxylation is 2. The first kappa shape index (κ1) is 20.0. The van der Waals surface area contributed by atoms with Crippen LogP contribution in [0.1, 0.15) is 34.8 Å². The van der Waals surface area contributed by atoms with Crippen molar-refractivity contribution in [2.75, 3.05) is 19.5 Å². The summed E-state index contributed by atoms with van der Waals surface area (Å²) >= 11 is 6.12. The van der Waals surface area contributed by atoms with Crippen molar-refractivity contribution >= 4 is 29.2 Å². The second-order valence-corrected chi connectivity index (χ2v) is 6.97. The summed E-state index contributed by atoms with van der Waals surface area (Å²) in [4.78, 5) is 24.8. The van der Waals surface area contributed by atoms with Crippen molar-refractivity contribution in [1.82, 2.24) is 0 Å². The monoisotopic (exact) mass is 403 g/mol. The zero-order valence-corrected chi connectivity index (χ0v) is 16.8. The van der Waals surface area contributed by atoms with Crippen molar-refractivity contribution in [1.29, 1.82) is 0 Å². The molecule has 0 spiro atoms. The number of carbonyl (C=O) groups is 2. The van der Waals surface area contributed by atoms with E-state index in [1.807, 2.05) is 18.2 Å². The molecule has 2 aromatic carbocycles. The molecule has 0 saturated heterocycles. The topological polar surface area (TPSA) is 73.9 Å². The molecule has 0 fully saturated rings. The normalized spacial score (nSPS) is 13.4. The Morgan fingerprint density at radius 2 is 1.82 bits per heavy atom. The van der Waals surface area contributed by atoms with E-state index in [0.717, 1.165) is 19.3 Å². The average molecular weight is 404 g/mol. The molecule has 1 aliphatic rings. The van der Waals surface area contributed by atoms with Gasteiger partial charge in [-0.2, -0.15) is 0 Å². The van der Waals surface area contributed by atoms with Gasteiger partial charge < -0.3 is 19.5 Å². The lowest BCUT2D eigenvalue weighted by Crippen LogP contribution is -2.30. The van der Waals surface area contributed by atoms with Gasteiger partial charge in [-0.3, -0.25) is 4.79 Å². The summed E-state index contributed by atoms with van der Waals surface area (Å²) in [6, 6.07) is 8.74. The van der Waals surface area contributed by atoms with Crippen molar-refractivity contribution in [2.24, 2.45) is 0 Å². The number of fused-ring (bicyclic) bond motifs is 1. The number of hydrogen-bond acceptors (Lipinski definition) is 5. The van der Waals surface area contributed by atoms with Crippen LogP contribution in [0.2, 0.25) is 5.02 Å². The van der Waals surface area contributed by atoms with E-state index in [0.29, 0.717) is 17.2 Å². The molecule has 0 radical (unpaired) electrons. The SMILES string of the molecule is COc1cc(C(=O)O[C@@H](C)C(=O)Nc2ccc3c(c2)CCC3)cc(Cl)c1OC. The van der Waals surface area contributed by atoms with Gasteiger partial charge in [0.25, 0.3) is 5.91 Å². The van der Waals surface area contributed by atoms with Gasteiger partial charge in [-0.15, -0.1) is 0 Å². The van der Waals surface area contributed by atoms with Crippen LogP contribution in [0, 0.1) is 0 Å². The molecular formula is C21H22ClNO5. The Kier molecular flexibility index (Phi) is 6.09. The fourth-order valence-corrected chi connectivity index (χ4v) is 3.50. The van der Waals surface area contributed by atoms with E-state index >= 15 is 0 Å². The molecule has 1 atom stereocenters. The van der Waals surface area contributed by atoms with E-state index in [1.54, 1.807) is 0 Å². The highest BCUT2D eigenvalue weighted by Gasteiger charge is 2.22. The van der Waals surface area contributed by atoms with Crippen LogP contribution < -0.4 is 14.8 Å². The van der Waals surface area contributed by atoms with Crippen molar-refractivity contribution < 1.29 is 23.8 Å². The molecule has 3 rings (SSSR count). The van der Waals surface area contributed by atoms with Crippen molar-refractivity contribution in [3.63, 3.8) is 0 Å². The molecule has 0 bridgehead atoms. The predicted octanol–water partition coefficient (Wildman–Crippen LogP) is 4.03. The number of anilines is 1. The van der Waals surface area contributed by atoms with Gasteiger partial charge >= 0.3 is 5.97 Å². The molecule has 2 aromatic rings. The molecule has 1 aliphatic carbocycles. The van der Waals surface area contributed by atoms with Crippen LogP contribution in [0.15, 0.2) is 30.3 Å². The summed E-state index contributed by atoms with van der Waals surface area (Å²) in [5.41, 5.74) is 3.44. The Morgan fingerprint density at radius 3 is 2.54 bits per heavy atom. The number of halogens is 1. The molecule has 1 amide bonds. The summed E-state index contributed by atoms with van der Waals surface area (Å²) in [7, 11) is 2.89. The molecule has 7 heteroatoms. The summed E-state index contributed by atoms with van der Waals surface area (Å²) in [6.45, 7) is 1.52. The molecule has 0 saturated carbocycles. The smallest absolute Gasteiger partial charge is 0.339 e. The largest absolute Gasteiger partial charge is 0.493 e. The zero-order chi connectivity index (χ0) is 20.3. The lowest BCUT2D eigenvalue weighted by atomic mass is 10.1. The minimum atomic E-state index is -0.979. The summed E-state index contributed by atoms with van der Waals surface area (Å²) < 4.78 is 15.6. The second-order valence-electron chi connectivity index (χ2n) is 6.57. The zero-order valence-electron chi connectivity index (χ0n) is 16.0. The Bertz CT molecular complexity index is 912. The third-order valence-corrected chi connectivity index (χ3v) is 4.97. The van der Waals surface area contributed by atoms with Gasteiger partial charge in [-0.25, -0.2) is 4.79 Å². The van der Waals surface area contributed by atoms with Gasteiger partial charge in [0.15, 0.2) is 17.6 Å². The average Bonchev–Trinajstić information content (AvgIpc) is 3.14. The molecule has 1 N–H and O–H groups in total. The van der Waals surface area contributed by atoms with Gasteiger partial charge in [0.2, 0.25) is 0 Å². The highest BCUT2D eigenvalue weighted by atomic mass is 35.5. The van der Waals surface area contributed by atoms with Crippen molar-refractivity contribution in [3.8, 4) is 11.5 Å². The van der Waals surface area contributed by atoms with Crippen LogP contribution in [-0.4, -0.2) is 32.2 Å². The van der Waals surface area contributed by atoms with Crippen LogP contribution in [-0.2, 0) is 22.4 Å². The first-order valence-corrected chi connectivity index (χ1v) is 9.36. The summed E-state index contributed by atoms with van der Waals surface area (Å²) in [6.07, 6.45) is 2.25. The number of methoxy groups -OCH3 is 2. The van der Waals surface area contributed by atoms with E-state index in [9.17, 15) is 9.59 Å². The fraction of sp³-hybridized carbons (Fsp3) is 0.333. The molecule has 0 heterocycles. The summed E-state index contributed by atoms with van der Waals surface area (Å²) in [5.74, 6) is -0.461. The number of carbonyl (C=O) groups excluding carboxylic acids is 2. The predicted molar refractivity (Wildman–Crippen MR) is 107 cm³/mol. The number of esters is 1. The Balaban J connectivity index is 1.66. The number of nitrogens with one attached hydrogen (secondary N) is 1. The highest BCUT2D eigenvalue weighted by molar-refractivity contribution is 6.32. The third kappa shape index (κ3) is 4.22. The van der Waals surface area contributed by atoms with E-state index in [1.165, 1.54) is 44.4 Å². The van der Waals surface area contributed by atoms with E-state index in [4.69, 9.17) is 25.8 Å². The Morgan fingerprint density at radius 1 is 1.07 bits per heavy atom. The van der Waals surface area contributed by atoms with Gasteiger partial charge in [-0.1, -0.05) is 17.7 Å². The van der Waals surface area contributed by atoms with E-state index in [-0.39, 0.29) is 10.6 Å². The molecule has 148 valence electrons.